The Bertz CT molecular complexity index is 569. The lowest BCUT2D eigenvalue weighted by Gasteiger charge is -2.08. The van der Waals surface area contributed by atoms with Gasteiger partial charge < -0.3 is 10.6 Å². The van der Waals surface area contributed by atoms with Crippen LogP contribution in [-0.2, 0) is 0 Å². The van der Waals surface area contributed by atoms with Crippen molar-refractivity contribution in [3.63, 3.8) is 0 Å². The molecule has 102 valence electrons. The highest BCUT2D eigenvalue weighted by molar-refractivity contribution is 9.10. The van der Waals surface area contributed by atoms with Gasteiger partial charge in [-0.3, -0.25) is 0 Å². The lowest BCUT2D eigenvalue weighted by atomic mass is 10.1. The maximum Gasteiger partial charge on any atom is 0.208 e. The lowest BCUT2D eigenvalue weighted by molar-refractivity contribution is 0.815. The molecule has 7 heteroatoms. The molecule has 0 radical (unpaired) electrons. The van der Waals surface area contributed by atoms with E-state index < -0.39 is 0 Å². The lowest BCUT2D eigenvalue weighted by Crippen LogP contribution is -2.07. The van der Waals surface area contributed by atoms with E-state index in [1.165, 1.54) is 0 Å². The van der Waals surface area contributed by atoms with Crippen LogP contribution in [0.25, 0.3) is 0 Å². The molecule has 1 aromatic carbocycles. The van der Waals surface area contributed by atoms with Crippen LogP contribution < -0.4 is 10.6 Å². The van der Waals surface area contributed by atoms with Crippen molar-refractivity contribution in [3.05, 3.63) is 28.2 Å². The van der Waals surface area contributed by atoms with Crippen molar-refractivity contribution < 1.29 is 0 Å². The molecule has 0 aliphatic rings. The highest BCUT2D eigenvalue weighted by Gasteiger charge is 2.10. The van der Waals surface area contributed by atoms with Crippen molar-refractivity contribution in [1.82, 2.24) is 10.2 Å². The van der Waals surface area contributed by atoms with Crippen molar-refractivity contribution in [2.75, 3.05) is 19.0 Å². The van der Waals surface area contributed by atoms with Crippen molar-refractivity contribution in [2.24, 2.45) is 5.73 Å². The largest absolute Gasteiger partial charge is 0.353 e. The molecule has 0 saturated heterocycles. The minimum Gasteiger partial charge on any atom is -0.353 e. The molecule has 0 amide bonds. The number of aromatic nitrogens is 2. The second-order valence-corrected chi connectivity index (χ2v) is 7.42. The standard InChI is InChI=1S/C12H15BrN4S2/c1-7(14)8-4-5-10(9(13)6-8)18-12-16-15-11(19-12)17(2)3/h4-7H,14H2,1-3H3/t7-/m1/s1. The van der Waals surface area contributed by atoms with Crippen LogP contribution in [0.5, 0.6) is 0 Å². The summed E-state index contributed by atoms with van der Waals surface area (Å²) in [4.78, 5) is 3.07. The molecule has 0 aliphatic heterocycles. The Labute approximate surface area is 129 Å². The van der Waals surface area contributed by atoms with E-state index >= 15 is 0 Å². The summed E-state index contributed by atoms with van der Waals surface area (Å²) in [5.41, 5.74) is 6.98. The van der Waals surface area contributed by atoms with E-state index in [0.29, 0.717) is 0 Å². The van der Waals surface area contributed by atoms with E-state index in [0.717, 1.165) is 24.4 Å². The summed E-state index contributed by atoms with van der Waals surface area (Å²) in [5, 5.41) is 9.21. The maximum absolute atomic E-state index is 5.87. The van der Waals surface area contributed by atoms with Crippen molar-refractivity contribution in [2.45, 2.75) is 22.2 Å². The van der Waals surface area contributed by atoms with Gasteiger partial charge in [0.1, 0.15) is 0 Å². The van der Waals surface area contributed by atoms with Gasteiger partial charge in [0.15, 0.2) is 4.34 Å². The topological polar surface area (TPSA) is 55.0 Å². The molecule has 0 saturated carbocycles. The second-order valence-electron chi connectivity index (χ2n) is 4.33. The van der Waals surface area contributed by atoms with Gasteiger partial charge in [0, 0.05) is 29.5 Å². The van der Waals surface area contributed by atoms with Crippen LogP contribution in [0.4, 0.5) is 5.13 Å². The summed E-state index contributed by atoms with van der Waals surface area (Å²) in [6.45, 7) is 1.97. The van der Waals surface area contributed by atoms with Gasteiger partial charge in [0.25, 0.3) is 0 Å². The first-order valence-corrected chi connectivity index (χ1v) is 8.13. The number of anilines is 1. The minimum absolute atomic E-state index is 0.0391. The van der Waals surface area contributed by atoms with Crippen LogP contribution in [0.1, 0.15) is 18.5 Å². The Hall–Kier alpha value is -0.630. The molecule has 4 nitrogen and oxygen atoms in total. The van der Waals surface area contributed by atoms with Crippen LogP contribution in [0.2, 0.25) is 0 Å². The molecule has 19 heavy (non-hydrogen) atoms. The van der Waals surface area contributed by atoms with Gasteiger partial charge >= 0.3 is 0 Å². The molecule has 2 rings (SSSR count). The fourth-order valence-corrected chi connectivity index (χ4v) is 3.76. The monoisotopic (exact) mass is 358 g/mol. The number of halogens is 1. The van der Waals surface area contributed by atoms with E-state index in [4.69, 9.17) is 5.73 Å². The summed E-state index contributed by atoms with van der Waals surface area (Å²) >= 11 is 6.76. The number of nitrogens with zero attached hydrogens (tertiary/aromatic N) is 3. The highest BCUT2D eigenvalue weighted by atomic mass is 79.9. The Morgan fingerprint density at radius 1 is 1.37 bits per heavy atom. The van der Waals surface area contributed by atoms with Crippen LogP contribution in [0, 0.1) is 0 Å². The van der Waals surface area contributed by atoms with Gasteiger partial charge in [-0.1, -0.05) is 29.2 Å². The quantitative estimate of drug-likeness (QED) is 0.905. The highest BCUT2D eigenvalue weighted by Crippen LogP contribution is 2.37. The van der Waals surface area contributed by atoms with Gasteiger partial charge in [0.05, 0.1) is 0 Å². The summed E-state index contributed by atoms with van der Waals surface area (Å²) in [6.07, 6.45) is 0. The molecule has 0 bridgehead atoms. The van der Waals surface area contributed by atoms with Gasteiger partial charge in [-0.25, -0.2) is 0 Å². The molecule has 2 N–H and O–H groups in total. The number of rotatable bonds is 4. The van der Waals surface area contributed by atoms with Crippen molar-refractivity contribution in [3.8, 4) is 0 Å². The number of nitrogens with two attached hydrogens (primary N) is 1. The first-order valence-electron chi connectivity index (χ1n) is 5.71. The van der Waals surface area contributed by atoms with Crippen LogP contribution in [0.15, 0.2) is 31.9 Å². The van der Waals surface area contributed by atoms with Crippen LogP contribution in [0.3, 0.4) is 0 Å². The van der Waals surface area contributed by atoms with Gasteiger partial charge in [-0.15, -0.1) is 10.2 Å². The van der Waals surface area contributed by atoms with Crippen LogP contribution >= 0.6 is 39.0 Å². The fourth-order valence-electron chi connectivity index (χ4n) is 1.40. The van der Waals surface area contributed by atoms with Crippen LogP contribution in [-0.4, -0.2) is 24.3 Å². The number of hydrogen-bond donors (Lipinski definition) is 1. The van der Waals surface area contributed by atoms with Gasteiger partial charge in [0.2, 0.25) is 5.13 Å². The predicted molar refractivity (Wildman–Crippen MR) is 85.1 cm³/mol. The normalized spacial score (nSPS) is 12.5. The van der Waals surface area contributed by atoms with E-state index in [1.54, 1.807) is 23.1 Å². The second kappa shape index (κ2) is 6.21. The molecule has 1 aromatic heterocycles. The third kappa shape index (κ3) is 3.68. The maximum atomic E-state index is 5.87. The Morgan fingerprint density at radius 3 is 2.63 bits per heavy atom. The van der Waals surface area contributed by atoms with E-state index in [2.05, 4.69) is 38.3 Å². The number of hydrogen-bond acceptors (Lipinski definition) is 6. The van der Waals surface area contributed by atoms with Gasteiger partial charge in [-0.05, 0) is 40.5 Å². The van der Waals surface area contributed by atoms with Gasteiger partial charge in [-0.2, -0.15) is 0 Å². The summed E-state index contributed by atoms with van der Waals surface area (Å²) in [7, 11) is 3.92. The molecular formula is C12H15BrN4S2. The molecule has 0 fully saturated rings. The predicted octanol–water partition coefficient (Wildman–Crippen LogP) is 3.54. The minimum atomic E-state index is 0.0391. The third-order valence-corrected chi connectivity index (χ3v) is 5.59. The first kappa shape index (κ1) is 14.8. The Kier molecular flexibility index (Phi) is 4.83. The molecule has 0 spiro atoms. The average molecular weight is 359 g/mol. The molecule has 0 unspecified atom stereocenters. The smallest absolute Gasteiger partial charge is 0.208 e. The SMILES string of the molecule is C[C@@H](N)c1ccc(Sc2nnc(N(C)C)s2)c(Br)c1. The first-order chi connectivity index (χ1) is 8.97. The zero-order valence-corrected chi connectivity index (χ0v) is 14.1. The average Bonchev–Trinajstić information content (AvgIpc) is 2.80. The Balaban J connectivity index is 2.18. The van der Waals surface area contributed by atoms with E-state index in [9.17, 15) is 0 Å². The molecule has 0 aliphatic carbocycles. The zero-order chi connectivity index (χ0) is 14.0. The zero-order valence-electron chi connectivity index (χ0n) is 10.9. The Morgan fingerprint density at radius 2 is 2.11 bits per heavy atom. The van der Waals surface area contributed by atoms with E-state index in [1.807, 2.05) is 32.0 Å². The molecule has 2 aromatic rings. The van der Waals surface area contributed by atoms with E-state index in [-0.39, 0.29) is 6.04 Å². The third-order valence-electron chi connectivity index (χ3n) is 2.46. The van der Waals surface area contributed by atoms with Crippen molar-refractivity contribution in [1.29, 1.82) is 0 Å². The number of benzene rings is 1. The summed E-state index contributed by atoms with van der Waals surface area (Å²) < 4.78 is 1.96. The molecular weight excluding hydrogens is 344 g/mol. The fraction of sp³-hybridized carbons (Fsp3) is 0.333. The van der Waals surface area contributed by atoms with Crippen molar-refractivity contribution >= 4 is 44.2 Å². The summed E-state index contributed by atoms with van der Waals surface area (Å²) in [6, 6.07) is 6.20. The molecule has 1 heterocycles. The summed E-state index contributed by atoms with van der Waals surface area (Å²) in [5.74, 6) is 0. The molecule has 1 atom stereocenters.